The lowest BCUT2D eigenvalue weighted by molar-refractivity contribution is 0.791. The van der Waals surface area contributed by atoms with Crippen LogP contribution in [0.5, 0.6) is 0 Å². The maximum Gasteiger partial charge on any atom is 0.188 e. The lowest BCUT2D eigenvalue weighted by Crippen LogP contribution is -2.01. The number of hydrogen-bond acceptors (Lipinski definition) is 4. The Morgan fingerprint density at radius 2 is 1.95 bits per heavy atom. The summed E-state index contributed by atoms with van der Waals surface area (Å²) in [5.74, 6) is 0.586. The van der Waals surface area contributed by atoms with Crippen LogP contribution in [-0.4, -0.2) is 20.2 Å². The van der Waals surface area contributed by atoms with Crippen LogP contribution >= 0.6 is 43.5 Å². The van der Waals surface area contributed by atoms with E-state index >= 15 is 0 Å². The van der Waals surface area contributed by atoms with Crippen molar-refractivity contribution >= 4 is 49.1 Å². The first-order valence-electron chi connectivity index (χ1n) is 5.86. The second kappa shape index (κ2) is 5.75. The fourth-order valence-electron chi connectivity index (χ4n) is 1.87. The van der Waals surface area contributed by atoms with Gasteiger partial charge in [-0.2, -0.15) is 4.68 Å². The van der Waals surface area contributed by atoms with Gasteiger partial charge < -0.3 is 5.73 Å². The molecule has 0 saturated carbocycles. The molecule has 8 heteroatoms. The minimum absolute atomic E-state index is 0.586. The normalized spacial score (nSPS) is 10.8. The summed E-state index contributed by atoms with van der Waals surface area (Å²) < 4.78 is 3.16. The van der Waals surface area contributed by atoms with Gasteiger partial charge in [0, 0.05) is 15.7 Å². The summed E-state index contributed by atoms with van der Waals surface area (Å²) in [4.78, 5) is 0. The molecule has 0 radical (unpaired) electrons. The summed E-state index contributed by atoms with van der Waals surface area (Å²) in [6.07, 6.45) is 0. The number of aromatic nitrogens is 4. The predicted molar refractivity (Wildman–Crippen MR) is 89.4 cm³/mol. The smallest absolute Gasteiger partial charge is 0.188 e. The van der Waals surface area contributed by atoms with Crippen LogP contribution in [0.25, 0.3) is 17.1 Å². The van der Waals surface area contributed by atoms with Crippen LogP contribution in [0.1, 0.15) is 0 Å². The van der Waals surface area contributed by atoms with Gasteiger partial charge in [0.05, 0.1) is 15.2 Å². The molecule has 0 fully saturated rings. The average molecular weight is 430 g/mol. The Hall–Kier alpha value is -1.44. The number of nitrogen functional groups attached to an aromatic ring is 1. The molecule has 2 aromatic carbocycles. The van der Waals surface area contributed by atoms with Gasteiger partial charge in [-0.25, -0.2) is 0 Å². The number of benzene rings is 2. The van der Waals surface area contributed by atoms with Crippen LogP contribution < -0.4 is 5.73 Å². The molecule has 0 aliphatic heterocycles. The SMILES string of the molecule is Nc1cccc(-c2nnnn2-c2ccc(Cl)c(Br)c2)c1Br. The van der Waals surface area contributed by atoms with Crippen molar-refractivity contribution in [3.8, 4) is 17.1 Å². The number of nitrogens with two attached hydrogens (primary N) is 1. The van der Waals surface area contributed by atoms with Crippen molar-refractivity contribution in [1.29, 1.82) is 0 Å². The molecule has 0 amide bonds. The molecule has 2 N–H and O–H groups in total. The lowest BCUT2D eigenvalue weighted by atomic mass is 10.2. The van der Waals surface area contributed by atoms with Crippen LogP contribution in [0.3, 0.4) is 0 Å². The third kappa shape index (κ3) is 2.68. The molecule has 0 aliphatic carbocycles. The first-order valence-corrected chi connectivity index (χ1v) is 7.82. The van der Waals surface area contributed by atoms with Crippen molar-refractivity contribution in [1.82, 2.24) is 20.2 Å². The summed E-state index contributed by atoms with van der Waals surface area (Å²) in [7, 11) is 0. The van der Waals surface area contributed by atoms with Gasteiger partial charge in [0.25, 0.3) is 0 Å². The summed E-state index contributed by atoms with van der Waals surface area (Å²) in [5.41, 5.74) is 8.14. The van der Waals surface area contributed by atoms with E-state index in [9.17, 15) is 0 Å². The number of rotatable bonds is 2. The summed E-state index contributed by atoms with van der Waals surface area (Å²) >= 11 is 12.9. The molecule has 3 aromatic rings. The zero-order chi connectivity index (χ0) is 15.0. The summed E-state index contributed by atoms with van der Waals surface area (Å²) in [6, 6.07) is 11.0. The van der Waals surface area contributed by atoms with Gasteiger partial charge in [0.1, 0.15) is 0 Å². The van der Waals surface area contributed by atoms with E-state index in [1.54, 1.807) is 16.8 Å². The second-order valence-electron chi connectivity index (χ2n) is 4.22. The van der Waals surface area contributed by atoms with E-state index < -0.39 is 0 Å². The topological polar surface area (TPSA) is 69.6 Å². The Balaban J connectivity index is 2.17. The van der Waals surface area contributed by atoms with Gasteiger partial charge in [0.2, 0.25) is 0 Å². The molecule has 1 aromatic heterocycles. The minimum Gasteiger partial charge on any atom is -0.398 e. The van der Waals surface area contributed by atoms with Crippen LogP contribution in [0.4, 0.5) is 5.69 Å². The van der Waals surface area contributed by atoms with Crippen LogP contribution in [0.2, 0.25) is 5.02 Å². The zero-order valence-corrected chi connectivity index (χ0v) is 14.4. The van der Waals surface area contributed by atoms with Gasteiger partial charge in [-0.3, -0.25) is 0 Å². The number of anilines is 1. The molecule has 5 nitrogen and oxygen atoms in total. The summed E-state index contributed by atoms with van der Waals surface area (Å²) in [5, 5.41) is 12.5. The third-order valence-corrected chi connectivity index (χ3v) is 4.99. The molecule has 0 saturated heterocycles. The van der Waals surface area contributed by atoms with Gasteiger partial charge in [-0.15, -0.1) is 5.10 Å². The van der Waals surface area contributed by atoms with Crippen LogP contribution in [0, 0.1) is 0 Å². The highest BCUT2D eigenvalue weighted by Crippen LogP contribution is 2.32. The largest absolute Gasteiger partial charge is 0.398 e. The third-order valence-electron chi connectivity index (χ3n) is 2.89. The molecule has 21 heavy (non-hydrogen) atoms. The van der Waals surface area contributed by atoms with E-state index in [1.165, 1.54) is 0 Å². The van der Waals surface area contributed by atoms with Crippen LogP contribution in [-0.2, 0) is 0 Å². The van der Waals surface area contributed by atoms with Crippen molar-refractivity contribution in [2.45, 2.75) is 0 Å². The predicted octanol–water partition coefficient (Wildman–Crippen LogP) is 4.09. The highest BCUT2D eigenvalue weighted by Gasteiger charge is 2.15. The fourth-order valence-corrected chi connectivity index (χ4v) is 2.79. The zero-order valence-electron chi connectivity index (χ0n) is 10.5. The van der Waals surface area contributed by atoms with E-state index in [0.29, 0.717) is 16.5 Å². The van der Waals surface area contributed by atoms with Gasteiger partial charge in [-0.05, 0) is 72.6 Å². The van der Waals surface area contributed by atoms with Gasteiger partial charge in [0.15, 0.2) is 5.82 Å². The molecule has 0 bridgehead atoms. The fraction of sp³-hybridized carbons (Fsp3) is 0. The minimum atomic E-state index is 0.586. The molecular weight excluding hydrogens is 421 g/mol. The highest BCUT2D eigenvalue weighted by molar-refractivity contribution is 9.11. The number of hydrogen-bond donors (Lipinski definition) is 1. The Bertz CT molecular complexity index is 818. The highest BCUT2D eigenvalue weighted by atomic mass is 79.9. The summed E-state index contributed by atoms with van der Waals surface area (Å²) in [6.45, 7) is 0. The van der Waals surface area contributed by atoms with Crippen molar-refractivity contribution in [3.05, 3.63) is 50.4 Å². The molecular formula is C13H8Br2ClN5. The van der Waals surface area contributed by atoms with Crippen LogP contribution in [0.15, 0.2) is 45.3 Å². The second-order valence-corrected chi connectivity index (χ2v) is 6.28. The Morgan fingerprint density at radius 1 is 1.14 bits per heavy atom. The van der Waals surface area contributed by atoms with Crippen molar-refractivity contribution in [2.75, 3.05) is 5.73 Å². The molecule has 0 aliphatic rings. The van der Waals surface area contributed by atoms with E-state index in [4.69, 9.17) is 17.3 Å². The van der Waals surface area contributed by atoms with Gasteiger partial charge in [-0.1, -0.05) is 17.7 Å². The Labute approximate surface area is 142 Å². The average Bonchev–Trinajstić information content (AvgIpc) is 2.94. The van der Waals surface area contributed by atoms with Crippen molar-refractivity contribution in [3.63, 3.8) is 0 Å². The van der Waals surface area contributed by atoms with E-state index in [-0.39, 0.29) is 0 Å². The monoisotopic (exact) mass is 427 g/mol. The Morgan fingerprint density at radius 3 is 2.71 bits per heavy atom. The van der Waals surface area contributed by atoms with Crippen molar-refractivity contribution in [2.24, 2.45) is 0 Å². The number of nitrogens with zero attached hydrogens (tertiary/aromatic N) is 4. The maximum atomic E-state index is 6.01. The lowest BCUT2D eigenvalue weighted by Gasteiger charge is -2.08. The Kier molecular flexibility index (Phi) is 3.97. The number of tetrazole rings is 1. The number of halogens is 3. The molecule has 0 spiro atoms. The maximum absolute atomic E-state index is 6.01. The quantitative estimate of drug-likeness (QED) is 0.623. The van der Waals surface area contributed by atoms with Crippen molar-refractivity contribution < 1.29 is 0 Å². The van der Waals surface area contributed by atoms with E-state index in [1.807, 2.05) is 24.3 Å². The standard InChI is InChI=1S/C13H8Br2ClN5/c14-9-6-7(4-5-10(9)16)21-13(18-19-20-21)8-2-1-3-11(17)12(8)15/h1-6H,17H2. The van der Waals surface area contributed by atoms with E-state index in [0.717, 1.165) is 20.2 Å². The van der Waals surface area contributed by atoms with Gasteiger partial charge >= 0.3 is 0 Å². The molecule has 0 atom stereocenters. The van der Waals surface area contributed by atoms with E-state index in [2.05, 4.69) is 47.4 Å². The molecule has 106 valence electrons. The molecule has 3 rings (SSSR count). The first kappa shape index (κ1) is 14.5. The molecule has 0 unspecified atom stereocenters. The first-order chi connectivity index (χ1) is 10.1. The molecule has 1 heterocycles.